The molecule has 0 spiro atoms. The topological polar surface area (TPSA) is 38.9 Å². The third-order valence-corrected chi connectivity index (χ3v) is 4.04. The highest BCUT2D eigenvalue weighted by Crippen LogP contribution is 2.25. The van der Waals surface area contributed by atoms with Crippen molar-refractivity contribution in [3.8, 4) is 0 Å². The van der Waals surface area contributed by atoms with Gasteiger partial charge < -0.3 is 5.73 Å². The normalized spacial score (nSPS) is 12.7. The lowest BCUT2D eigenvalue weighted by Gasteiger charge is -2.12. The molecule has 2 aromatic rings. The molecule has 1 heterocycles. The van der Waals surface area contributed by atoms with Crippen LogP contribution in [0, 0.1) is 12.7 Å². The molecule has 0 saturated carbocycles. The van der Waals surface area contributed by atoms with Gasteiger partial charge in [0.15, 0.2) is 0 Å². The quantitative estimate of drug-likeness (QED) is 0.940. The fourth-order valence-corrected chi connectivity index (χ4v) is 2.81. The molecular weight excluding hydrogens is 303 g/mol. The van der Waals surface area contributed by atoms with Crippen molar-refractivity contribution < 1.29 is 4.39 Å². The third kappa shape index (κ3) is 2.91. The van der Waals surface area contributed by atoms with E-state index in [2.05, 4.69) is 20.9 Å². The summed E-state index contributed by atoms with van der Waals surface area (Å²) >= 11 is 4.72. The second kappa shape index (κ2) is 5.25. The van der Waals surface area contributed by atoms with Gasteiger partial charge in [-0.1, -0.05) is 12.1 Å². The number of nitrogens with zero attached hydrogens (tertiary/aromatic N) is 1. The lowest BCUT2D eigenvalue weighted by Crippen LogP contribution is -2.15. The summed E-state index contributed by atoms with van der Waals surface area (Å²) in [5.41, 5.74) is 7.51. The Labute approximate surface area is 112 Å². The minimum absolute atomic E-state index is 0.284. The summed E-state index contributed by atoms with van der Waals surface area (Å²) < 4.78 is 14.3. The maximum Gasteiger partial charge on any atom is 0.142 e. The van der Waals surface area contributed by atoms with E-state index in [4.69, 9.17) is 5.73 Å². The van der Waals surface area contributed by atoms with E-state index in [-0.39, 0.29) is 11.9 Å². The van der Waals surface area contributed by atoms with Crippen molar-refractivity contribution in [2.45, 2.75) is 19.4 Å². The monoisotopic (exact) mass is 314 g/mol. The maximum absolute atomic E-state index is 13.8. The molecule has 0 amide bonds. The van der Waals surface area contributed by atoms with Crippen molar-refractivity contribution in [2.24, 2.45) is 5.73 Å². The molecule has 90 valence electrons. The van der Waals surface area contributed by atoms with Crippen molar-refractivity contribution in [3.63, 3.8) is 0 Å². The van der Waals surface area contributed by atoms with Gasteiger partial charge in [-0.05, 0) is 28.9 Å². The number of hydrogen-bond donors (Lipinski definition) is 1. The highest BCUT2D eigenvalue weighted by molar-refractivity contribution is 9.10. The Morgan fingerprint density at radius 2 is 2.29 bits per heavy atom. The molecule has 17 heavy (non-hydrogen) atoms. The number of thiazole rings is 1. The zero-order valence-electron chi connectivity index (χ0n) is 9.28. The zero-order valence-corrected chi connectivity index (χ0v) is 11.7. The van der Waals surface area contributed by atoms with Crippen LogP contribution in [0.3, 0.4) is 0 Å². The SMILES string of the molecule is Cc1csc(CC(N)c2cccc(Br)c2F)n1. The first-order chi connectivity index (χ1) is 8.08. The van der Waals surface area contributed by atoms with Gasteiger partial charge in [-0.15, -0.1) is 11.3 Å². The number of aromatic nitrogens is 1. The molecule has 0 saturated heterocycles. The van der Waals surface area contributed by atoms with E-state index in [1.807, 2.05) is 12.3 Å². The summed E-state index contributed by atoms with van der Waals surface area (Å²) in [5.74, 6) is -0.284. The molecule has 1 aromatic carbocycles. The van der Waals surface area contributed by atoms with E-state index in [0.29, 0.717) is 16.5 Å². The lowest BCUT2D eigenvalue weighted by molar-refractivity contribution is 0.574. The average Bonchev–Trinajstić information content (AvgIpc) is 2.68. The van der Waals surface area contributed by atoms with Crippen LogP contribution in [0.1, 0.15) is 22.3 Å². The smallest absolute Gasteiger partial charge is 0.142 e. The van der Waals surface area contributed by atoms with Crippen molar-refractivity contribution in [2.75, 3.05) is 0 Å². The summed E-state index contributed by atoms with van der Waals surface area (Å²) in [6, 6.07) is 4.80. The predicted octanol–water partition coefficient (Wildman–Crippen LogP) is 3.60. The van der Waals surface area contributed by atoms with Crippen LogP contribution in [0.2, 0.25) is 0 Å². The molecule has 2 N–H and O–H groups in total. The number of benzene rings is 1. The number of hydrogen-bond acceptors (Lipinski definition) is 3. The first-order valence-corrected chi connectivity index (χ1v) is 6.85. The molecule has 1 unspecified atom stereocenters. The van der Waals surface area contributed by atoms with Crippen LogP contribution < -0.4 is 5.73 Å². The molecule has 0 bridgehead atoms. The van der Waals surface area contributed by atoms with Crippen LogP contribution in [-0.2, 0) is 6.42 Å². The fourth-order valence-electron chi connectivity index (χ4n) is 1.60. The van der Waals surface area contributed by atoms with Crippen LogP contribution in [-0.4, -0.2) is 4.98 Å². The first kappa shape index (κ1) is 12.7. The number of aryl methyl sites for hydroxylation is 1. The molecular formula is C12H12BrFN2S. The Balaban J connectivity index is 2.20. The van der Waals surface area contributed by atoms with Gasteiger partial charge in [0, 0.05) is 29.1 Å². The Morgan fingerprint density at radius 1 is 1.53 bits per heavy atom. The fraction of sp³-hybridized carbons (Fsp3) is 0.250. The summed E-state index contributed by atoms with van der Waals surface area (Å²) in [5, 5.41) is 2.91. The highest BCUT2D eigenvalue weighted by Gasteiger charge is 2.15. The van der Waals surface area contributed by atoms with Crippen LogP contribution in [0.4, 0.5) is 4.39 Å². The highest BCUT2D eigenvalue weighted by atomic mass is 79.9. The lowest BCUT2D eigenvalue weighted by atomic mass is 10.0. The van der Waals surface area contributed by atoms with Gasteiger partial charge in [0.25, 0.3) is 0 Å². The van der Waals surface area contributed by atoms with Gasteiger partial charge in [0.05, 0.1) is 9.48 Å². The van der Waals surface area contributed by atoms with E-state index in [1.54, 1.807) is 29.5 Å². The van der Waals surface area contributed by atoms with Crippen molar-refractivity contribution in [1.82, 2.24) is 4.98 Å². The number of rotatable bonds is 3. The van der Waals surface area contributed by atoms with Gasteiger partial charge in [-0.2, -0.15) is 0 Å². The maximum atomic E-state index is 13.8. The first-order valence-electron chi connectivity index (χ1n) is 5.18. The van der Waals surface area contributed by atoms with E-state index < -0.39 is 0 Å². The van der Waals surface area contributed by atoms with Gasteiger partial charge >= 0.3 is 0 Å². The van der Waals surface area contributed by atoms with E-state index in [9.17, 15) is 4.39 Å². The van der Waals surface area contributed by atoms with E-state index in [1.165, 1.54) is 0 Å². The van der Waals surface area contributed by atoms with E-state index >= 15 is 0 Å². The molecule has 5 heteroatoms. The molecule has 2 nitrogen and oxygen atoms in total. The molecule has 0 aliphatic rings. The van der Waals surface area contributed by atoms with Gasteiger partial charge in [0.2, 0.25) is 0 Å². The summed E-state index contributed by atoms with van der Waals surface area (Å²) in [6.07, 6.45) is 0.561. The largest absolute Gasteiger partial charge is 0.324 e. The van der Waals surface area contributed by atoms with Gasteiger partial charge in [-0.25, -0.2) is 9.37 Å². The van der Waals surface area contributed by atoms with Crippen molar-refractivity contribution in [1.29, 1.82) is 0 Å². The third-order valence-electron chi connectivity index (χ3n) is 2.44. The summed E-state index contributed by atoms with van der Waals surface area (Å²) in [7, 11) is 0. The Bertz CT molecular complexity index is 527. The predicted molar refractivity (Wildman–Crippen MR) is 71.6 cm³/mol. The minimum Gasteiger partial charge on any atom is -0.324 e. The summed E-state index contributed by atoms with van der Waals surface area (Å²) in [4.78, 5) is 4.33. The van der Waals surface area contributed by atoms with Crippen molar-refractivity contribution in [3.05, 3.63) is 50.1 Å². The Morgan fingerprint density at radius 3 is 2.94 bits per heavy atom. The summed E-state index contributed by atoms with van der Waals surface area (Å²) in [6.45, 7) is 1.94. The van der Waals surface area contributed by atoms with Crippen LogP contribution in [0.15, 0.2) is 28.1 Å². The zero-order chi connectivity index (χ0) is 12.4. The molecule has 1 atom stereocenters. The minimum atomic E-state index is -0.363. The van der Waals surface area contributed by atoms with Gasteiger partial charge in [0.1, 0.15) is 5.82 Å². The molecule has 0 aliphatic carbocycles. The average molecular weight is 315 g/mol. The molecule has 0 fully saturated rings. The molecule has 1 aromatic heterocycles. The molecule has 2 rings (SSSR count). The second-order valence-electron chi connectivity index (χ2n) is 3.84. The van der Waals surface area contributed by atoms with Crippen molar-refractivity contribution >= 4 is 27.3 Å². The number of nitrogens with two attached hydrogens (primary N) is 1. The van der Waals surface area contributed by atoms with Crippen LogP contribution in [0.5, 0.6) is 0 Å². The van der Waals surface area contributed by atoms with E-state index in [0.717, 1.165) is 10.7 Å². The number of halogens is 2. The Kier molecular flexibility index (Phi) is 3.91. The molecule has 0 aliphatic heterocycles. The van der Waals surface area contributed by atoms with Crippen LogP contribution in [0.25, 0.3) is 0 Å². The standard InChI is InChI=1S/C12H12BrFN2S/c1-7-6-17-11(16-7)5-10(15)8-3-2-4-9(13)12(8)14/h2-4,6,10H,5,15H2,1H3. The van der Waals surface area contributed by atoms with Crippen LogP contribution >= 0.6 is 27.3 Å². The molecule has 0 radical (unpaired) electrons. The van der Waals surface area contributed by atoms with Gasteiger partial charge in [-0.3, -0.25) is 0 Å². The Hall–Kier alpha value is -0.780. The second-order valence-corrected chi connectivity index (χ2v) is 5.63.